The Morgan fingerprint density at radius 3 is 2.59 bits per heavy atom. The van der Waals surface area contributed by atoms with Crippen LogP contribution in [0.3, 0.4) is 0 Å². The van der Waals surface area contributed by atoms with Gasteiger partial charge in [-0.25, -0.2) is 4.79 Å². The average molecular weight is 396 g/mol. The maximum atomic E-state index is 12.9. The number of H-pyrrole nitrogens is 1. The molecule has 1 saturated heterocycles. The van der Waals surface area contributed by atoms with E-state index in [0.717, 1.165) is 16.1 Å². The number of aryl methyl sites for hydroxylation is 1. The summed E-state index contributed by atoms with van der Waals surface area (Å²) in [5, 5.41) is 8.23. The second kappa shape index (κ2) is 7.74. The van der Waals surface area contributed by atoms with E-state index < -0.39 is 17.2 Å². The summed E-state index contributed by atoms with van der Waals surface area (Å²) in [5.74, 6) is 0.802. The molecule has 1 aliphatic rings. The van der Waals surface area contributed by atoms with E-state index in [0.29, 0.717) is 31.9 Å². The third-order valence-corrected chi connectivity index (χ3v) is 4.86. The highest BCUT2D eigenvalue weighted by molar-refractivity contribution is 5.93. The van der Waals surface area contributed by atoms with Gasteiger partial charge < -0.3 is 19.2 Å². The zero-order chi connectivity index (χ0) is 20.4. The summed E-state index contributed by atoms with van der Waals surface area (Å²) in [6, 6.07) is 7.12. The lowest BCUT2D eigenvalue weighted by molar-refractivity contribution is 0.0743. The summed E-state index contributed by atoms with van der Waals surface area (Å²) in [5.41, 5.74) is -0.459. The Labute approximate surface area is 165 Å². The van der Waals surface area contributed by atoms with Gasteiger partial charge in [-0.2, -0.15) is 5.10 Å². The second-order valence-corrected chi connectivity index (χ2v) is 6.79. The van der Waals surface area contributed by atoms with Gasteiger partial charge in [0, 0.05) is 32.4 Å². The number of carbonyl (C=O) groups is 1. The lowest BCUT2D eigenvalue weighted by Gasteiger charge is -2.35. The van der Waals surface area contributed by atoms with Crippen LogP contribution in [-0.2, 0) is 6.54 Å². The van der Waals surface area contributed by atoms with E-state index >= 15 is 0 Å². The van der Waals surface area contributed by atoms with Crippen LogP contribution in [-0.4, -0.2) is 56.7 Å². The Balaban J connectivity index is 1.49. The molecule has 0 spiro atoms. The van der Waals surface area contributed by atoms with E-state index in [1.54, 1.807) is 17.0 Å². The van der Waals surface area contributed by atoms with Crippen molar-refractivity contribution in [3.8, 4) is 0 Å². The number of hydrogen-bond acceptors (Lipinski definition) is 7. The number of aromatic nitrogens is 4. The highest BCUT2D eigenvalue weighted by Gasteiger charge is 2.26. The lowest BCUT2D eigenvalue weighted by Crippen LogP contribution is -2.51. The van der Waals surface area contributed by atoms with E-state index in [-0.39, 0.29) is 12.1 Å². The summed E-state index contributed by atoms with van der Waals surface area (Å²) in [6.45, 7) is 3.86. The molecule has 3 aromatic rings. The molecule has 0 atom stereocenters. The molecule has 0 bridgehead atoms. The molecule has 4 heterocycles. The van der Waals surface area contributed by atoms with Gasteiger partial charge in [0.05, 0.1) is 18.5 Å². The minimum atomic E-state index is -0.637. The predicted molar refractivity (Wildman–Crippen MR) is 104 cm³/mol. The third kappa shape index (κ3) is 3.82. The number of hydrogen-bond donors (Lipinski definition) is 1. The Morgan fingerprint density at radius 1 is 1.14 bits per heavy atom. The monoisotopic (exact) mass is 396 g/mol. The quantitative estimate of drug-likeness (QED) is 0.671. The second-order valence-electron chi connectivity index (χ2n) is 6.79. The normalized spacial score (nSPS) is 14.2. The first-order valence-corrected chi connectivity index (χ1v) is 9.22. The SMILES string of the molecule is Cc1ccc(N2CCN(C(=O)c3c[nH]c(=O)n(Cc4ccco4)c3=O)CC2)nn1. The number of aromatic amines is 1. The molecular weight excluding hydrogens is 376 g/mol. The van der Waals surface area contributed by atoms with Crippen LogP contribution in [0.4, 0.5) is 5.82 Å². The van der Waals surface area contributed by atoms with Crippen LogP contribution < -0.4 is 16.1 Å². The number of anilines is 1. The van der Waals surface area contributed by atoms with Crippen LogP contribution in [0.15, 0.2) is 50.7 Å². The van der Waals surface area contributed by atoms with Crippen molar-refractivity contribution in [1.82, 2.24) is 24.6 Å². The van der Waals surface area contributed by atoms with Gasteiger partial charge in [0.15, 0.2) is 5.82 Å². The van der Waals surface area contributed by atoms with Crippen molar-refractivity contribution in [1.29, 1.82) is 0 Å². The van der Waals surface area contributed by atoms with Crippen LogP contribution in [0.2, 0.25) is 0 Å². The molecule has 0 aliphatic carbocycles. The molecular formula is C19H20N6O4. The molecule has 1 N–H and O–H groups in total. The number of nitrogens with one attached hydrogen (secondary N) is 1. The Bertz CT molecular complexity index is 1110. The number of piperazine rings is 1. The van der Waals surface area contributed by atoms with Crippen molar-refractivity contribution in [2.75, 3.05) is 31.1 Å². The van der Waals surface area contributed by atoms with Crippen molar-refractivity contribution in [2.24, 2.45) is 0 Å². The van der Waals surface area contributed by atoms with Crippen LogP contribution in [0, 0.1) is 6.92 Å². The first-order chi connectivity index (χ1) is 14.0. The Morgan fingerprint density at radius 2 is 1.93 bits per heavy atom. The molecule has 29 heavy (non-hydrogen) atoms. The average Bonchev–Trinajstić information content (AvgIpc) is 3.25. The maximum Gasteiger partial charge on any atom is 0.328 e. The van der Waals surface area contributed by atoms with Gasteiger partial charge in [-0.1, -0.05) is 0 Å². The molecule has 150 valence electrons. The summed E-state index contributed by atoms with van der Waals surface area (Å²) in [6.07, 6.45) is 2.64. The van der Waals surface area contributed by atoms with Crippen molar-refractivity contribution < 1.29 is 9.21 Å². The molecule has 4 rings (SSSR count). The molecule has 1 fully saturated rings. The van der Waals surface area contributed by atoms with E-state index in [9.17, 15) is 14.4 Å². The topological polar surface area (TPSA) is 117 Å². The molecule has 3 aromatic heterocycles. The first kappa shape index (κ1) is 18.7. The molecule has 1 amide bonds. The molecule has 0 aromatic carbocycles. The van der Waals surface area contributed by atoms with Gasteiger partial charge in [-0.3, -0.25) is 14.2 Å². The summed E-state index contributed by atoms with van der Waals surface area (Å²) in [7, 11) is 0. The summed E-state index contributed by atoms with van der Waals surface area (Å²) >= 11 is 0. The van der Waals surface area contributed by atoms with E-state index in [2.05, 4.69) is 15.2 Å². The smallest absolute Gasteiger partial charge is 0.328 e. The highest BCUT2D eigenvalue weighted by atomic mass is 16.3. The van der Waals surface area contributed by atoms with Crippen molar-refractivity contribution in [3.63, 3.8) is 0 Å². The van der Waals surface area contributed by atoms with Crippen LogP contribution >= 0.6 is 0 Å². The van der Waals surface area contributed by atoms with Gasteiger partial charge in [-0.15, -0.1) is 5.10 Å². The molecule has 0 saturated carbocycles. The number of nitrogens with zero attached hydrogens (tertiary/aromatic N) is 5. The van der Waals surface area contributed by atoms with Crippen molar-refractivity contribution in [3.05, 3.63) is 74.6 Å². The van der Waals surface area contributed by atoms with Crippen LogP contribution in [0.25, 0.3) is 0 Å². The zero-order valence-corrected chi connectivity index (χ0v) is 15.9. The maximum absolute atomic E-state index is 12.9. The largest absolute Gasteiger partial charge is 0.467 e. The fraction of sp³-hybridized carbons (Fsp3) is 0.316. The van der Waals surface area contributed by atoms with Gasteiger partial charge >= 0.3 is 5.69 Å². The first-order valence-electron chi connectivity index (χ1n) is 9.22. The number of furan rings is 1. The Kier molecular flexibility index (Phi) is 4.98. The standard InChI is InChI=1S/C19H20N6O4/c1-13-4-5-16(22-21-13)23-6-8-24(9-7-23)17(26)15-11-20-19(28)25(18(15)27)12-14-3-2-10-29-14/h2-5,10-11H,6-9,12H2,1H3,(H,20,28). The summed E-state index contributed by atoms with van der Waals surface area (Å²) < 4.78 is 6.16. The van der Waals surface area contributed by atoms with E-state index in [1.165, 1.54) is 12.5 Å². The number of rotatable bonds is 4. The fourth-order valence-electron chi connectivity index (χ4n) is 3.24. The summed E-state index contributed by atoms with van der Waals surface area (Å²) in [4.78, 5) is 43.8. The lowest BCUT2D eigenvalue weighted by atomic mass is 10.2. The zero-order valence-electron chi connectivity index (χ0n) is 15.9. The molecule has 10 heteroatoms. The van der Waals surface area contributed by atoms with Crippen molar-refractivity contribution >= 4 is 11.7 Å². The molecule has 0 unspecified atom stereocenters. The number of carbonyl (C=O) groups excluding carboxylic acids is 1. The van der Waals surface area contributed by atoms with Gasteiger partial charge in [0.25, 0.3) is 11.5 Å². The highest BCUT2D eigenvalue weighted by Crippen LogP contribution is 2.13. The van der Waals surface area contributed by atoms with E-state index in [1.807, 2.05) is 24.0 Å². The minimum absolute atomic E-state index is 0.0395. The molecule has 0 radical (unpaired) electrons. The Hall–Kier alpha value is -3.69. The van der Waals surface area contributed by atoms with Crippen molar-refractivity contribution in [2.45, 2.75) is 13.5 Å². The molecule has 10 nitrogen and oxygen atoms in total. The molecule has 1 aliphatic heterocycles. The van der Waals surface area contributed by atoms with Gasteiger partial charge in [0.2, 0.25) is 0 Å². The van der Waals surface area contributed by atoms with Crippen LogP contribution in [0.1, 0.15) is 21.8 Å². The van der Waals surface area contributed by atoms with E-state index in [4.69, 9.17) is 4.42 Å². The fourth-order valence-corrected chi connectivity index (χ4v) is 3.24. The predicted octanol–water partition coefficient (Wildman–Crippen LogP) is 0.239. The number of amides is 1. The third-order valence-electron chi connectivity index (χ3n) is 4.86. The minimum Gasteiger partial charge on any atom is -0.467 e. The van der Waals surface area contributed by atoms with Gasteiger partial charge in [-0.05, 0) is 31.2 Å². The van der Waals surface area contributed by atoms with Gasteiger partial charge in [0.1, 0.15) is 11.3 Å². The van der Waals surface area contributed by atoms with Crippen LogP contribution in [0.5, 0.6) is 0 Å².